The van der Waals surface area contributed by atoms with E-state index in [1.165, 1.54) is 6.92 Å². The first-order valence-electron chi connectivity index (χ1n) is 4.06. The second-order valence-corrected chi connectivity index (χ2v) is 2.65. The van der Waals surface area contributed by atoms with Gasteiger partial charge in [0.1, 0.15) is 19.5 Å². The van der Waals surface area contributed by atoms with Crippen molar-refractivity contribution in [2.75, 3.05) is 13.2 Å². The fourth-order valence-corrected chi connectivity index (χ4v) is 0.752. The van der Waals surface area contributed by atoms with E-state index in [2.05, 4.69) is 4.74 Å². The molecule has 0 unspecified atom stereocenters. The molecule has 0 spiro atoms. The Morgan fingerprint density at radius 3 is 2.79 bits per heavy atom. The first-order valence-corrected chi connectivity index (χ1v) is 4.06. The van der Waals surface area contributed by atoms with Crippen molar-refractivity contribution in [3.63, 3.8) is 0 Å². The van der Waals surface area contributed by atoms with E-state index < -0.39 is 18.0 Å². The molecule has 1 rings (SSSR count). The maximum Gasteiger partial charge on any atom is 0.377 e. The number of esters is 1. The molecular formula is C8H11NO5. The Morgan fingerprint density at radius 2 is 2.29 bits per heavy atom. The highest BCUT2D eigenvalue weighted by molar-refractivity contribution is 5.89. The van der Waals surface area contributed by atoms with Gasteiger partial charge in [-0.15, -0.1) is 0 Å². The molecule has 0 radical (unpaired) electrons. The molecule has 0 fully saturated rings. The van der Waals surface area contributed by atoms with E-state index in [0.29, 0.717) is 6.61 Å². The fraction of sp³-hybridized carbons (Fsp3) is 0.500. The Labute approximate surface area is 80.6 Å². The van der Waals surface area contributed by atoms with Crippen LogP contribution in [0, 0.1) is 0 Å². The average molecular weight is 201 g/mol. The van der Waals surface area contributed by atoms with Crippen LogP contribution in [-0.4, -0.2) is 31.2 Å². The summed E-state index contributed by atoms with van der Waals surface area (Å²) in [7, 11) is 0. The number of rotatable bonds is 3. The van der Waals surface area contributed by atoms with E-state index in [-0.39, 0.29) is 12.4 Å². The van der Waals surface area contributed by atoms with Crippen LogP contribution >= 0.6 is 0 Å². The SMILES string of the molecule is C[C@H](OC(=O)C1=COCCO1)C(N)=O. The summed E-state index contributed by atoms with van der Waals surface area (Å²) in [4.78, 5) is 21.8. The molecule has 0 saturated heterocycles. The third kappa shape index (κ3) is 2.65. The number of primary amides is 1. The van der Waals surface area contributed by atoms with Crippen LogP contribution < -0.4 is 5.73 Å². The van der Waals surface area contributed by atoms with Gasteiger partial charge in [-0.3, -0.25) is 4.79 Å². The van der Waals surface area contributed by atoms with E-state index >= 15 is 0 Å². The van der Waals surface area contributed by atoms with E-state index in [9.17, 15) is 9.59 Å². The van der Waals surface area contributed by atoms with Crippen LogP contribution in [0.4, 0.5) is 0 Å². The number of carbonyl (C=O) groups is 2. The maximum absolute atomic E-state index is 11.2. The average Bonchev–Trinajstić information content (AvgIpc) is 2.19. The van der Waals surface area contributed by atoms with Gasteiger partial charge < -0.3 is 19.9 Å². The van der Waals surface area contributed by atoms with Gasteiger partial charge in [0.05, 0.1) is 0 Å². The standard InChI is InChI=1S/C8H11NO5/c1-5(7(9)10)14-8(11)6-4-12-2-3-13-6/h4-5H,2-3H2,1H3,(H2,9,10)/t5-/m0/s1. The van der Waals surface area contributed by atoms with Crippen molar-refractivity contribution in [1.82, 2.24) is 0 Å². The van der Waals surface area contributed by atoms with Crippen LogP contribution in [0.25, 0.3) is 0 Å². The summed E-state index contributed by atoms with van der Waals surface area (Å²) in [5.41, 5.74) is 4.91. The molecule has 0 aliphatic carbocycles. The smallest absolute Gasteiger partial charge is 0.377 e. The van der Waals surface area contributed by atoms with Gasteiger partial charge in [0, 0.05) is 0 Å². The largest absolute Gasteiger partial charge is 0.493 e. The highest BCUT2D eigenvalue weighted by Crippen LogP contribution is 2.07. The molecule has 1 aliphatic rings. The molecule has 1 amide bonds. The molecule has 0 aromatic rings. The zero-order valence-corrected chi connectivity index (χ0v) is 7.69. The summed E-state index contributed by atoms with van der Waals surface area (Å²) < 4.78 is 14.4. The van der Waals surface area contributed by atoms with Crippen LogP contribution in [0.5, 0.6) is 0 Å². The summed E-state index contributed by atoms with van der Waals surface area (Å²) in [5.74, 6) is -1.52. The van der Waals surface area contributed by atoms with Crippen LogP contribution in [0.15, 0.2) is 12.0 Å². The maximum atomic E-state index is 11.2. The fourth-order valence-electron chi connectivity index (χ4n) is 0.752. The lowest BCUT2D eigenvalue weighted by atomic mass is 10.4. The number of carbonyl (C=O) groups excluding carboxylic acids is 2. The number of hydrogen-bond acceptors (Lipinski definition) is 5. The minimum atomic E-state index is -0.978. The minimum absolute atomic E-state index is 0.0515. The van der Waals surface area contributed by atoms with Gasteiger partial charge in [-0.2, -0.15) is 0 Å². The lowest BCUT2D eigenvalue weighted by Crippen LogP contribution is -2.31. The quantitative estimate of drug-likeness (QED) is 0.609. The molecule has 0 aromatic heterocycles. The molecule has 1 atom stereocenters. The molecule has 78 valence electrons. The van der Waals surface area contributed by atoms with Crippen molar-refractivity contribution >= 4 is 11.9 Å². The third-order valence-electron chi connectivity index (χ3n) is 1.53. The van der Waals surface area contributed by atoms with Gasteiger partial charge in [0.15, 0.2) is 6.10 Å². The highest BCUT2D eigenvalue weighted by atomic mass is 16.6. The van der Waals surface area contributed by atoms with Crippen molar-refractivity contribution in [2.24, 2.45) is 5.73 Å². The molecule has 1 aliphatic heterocycles. The van der Waals surface area contributed by atoms with Gasteiger partial charge in [-0.05, 0) is 6.92 Å². The topological polar surface area (TPSA) is 87.8 Å². The van der Waals surface area contributed by atoms with Gasteiger partial charge in [0.25, 0.3) is 5.91 Å². The summed E-state index contributed by atoms with van der Waals surface area (Å²) in [6, 6.07) is 0. The Balaban J connectivity index is 2.49. The summed E-state index contributed by atoms with van der Waals surface area (Å²) in [5, 5.41) is 0. The third-order valence-corrected chi connectivity index (χ3v) is 1.53. The van der Waals surface area contributed by atoms with Crippen LogP contribution in [-0.2, 0) is 23.8 Å². The van der Waals surface area contributed by atoms with Crippen molar-refractivity contribution in [3.8, 4) is 0 Å². The number of hydrogen-bond donors (Lipinski definition) is 1. The lowest BCUT2D eigenvalue weighted by molar-refractivity contribution is -0.154. The molecular weight excluding hydrogens is 190 g/mol. The summed E-state index contributed by atoms with van der Waals surface area (Å²) >= 11 is 0. The van der Waals surface area contributed by atoms with Crippen LogP contribution in [0.3, 0.4) is 0 Å². The van der Waals surface area contributed by atoms with Crippen LogP contribution in [0.1, 0.15) is 6.92 Å². The predicted octanol–water partition coefficient (Wildman–Crippen LogP) is -0.708. The van der Waals surface area contributed by atoms with Gasteiger partial charge in [-0.25, -0.2) is 4.79 Å². The van der Waals surface area contributed by atoms with Crippen molar-refractivity contribution < 1.29 is 23.8 Å². The first-order chi connectivity index (χ1) is 6.61. The second kappa shape index (κ2) is 4.50. The van der Waals surface area contributed by atoms with E-state index in [4.69, 9.17) is 15.2 Å². The molecule has 6 nitrogen and oxygen atoms in total. The number of ether oxygens (including phenoxy) is 3. The van der Waals surface area contributed by atoms with Gasteiger partial charge >= 0.3 is 5.97 Å². The first kappa shape index (κ1) is 10.4. The Hall–Kier alpha value is -1.72. The molecule has 2 N–H and O–H groups in total. The van der Waals surface area contributed by atoms with Crippen LogP contribution in [0.2, 0.25) is 0 Å². The molecule has 0 bridgehead atoms. The molecule has 0 aromatic carbocycles. The summed E-state index contributed by atoms with van der Waals surface area (Å²) in [6.07, 6.45) is 0.174. The lowest BCUT2D eigenvalue weighted by Gasteiger charge is -2.15. The van der Waals surface area contributed by atoms with Gasteiger partial charge in [-0.1, -0.05) is 0 Å². The zero-order chi connectivity index (χ0) is 10.6. The van der Waals surface area contributed by atoms with E-state index in [0.717, 1.165) is 6.26 Å². The molecule has 14 heavy (non-hydrogen) atoms. The van der Waals surface area contributed by atoms with Gasteiger partial charge in [0.2, 0.25) is 5.76 Å². The Morgan fingerprint density at radius 1 is 1.57 bits per heavy atom. The van der Waals surface area contributed by atoms with Crippen molar-refractivity contribution in [2.45, 2.75) is 13.0 Å². The summed E-state index contributed by atoms with van der Waals surface area (Å²) in [6.45, 7) is 2.05. The Kier molecular flexibility index (Phi) is 3.33. The normalized spacial score (nSPS) is 17.1. The molecule has 0 saturated carbocycles. The Bertz CT molecular complexity index is 273. The van der Waals surface area contributed by atoms with Crippen molar-refractivity contribution in [3.05, 3.63) is 12.0 Å². The highest BCUT2D eigenvalue weighted by Gasteiger charge is 2.21. The number of nitrogens with two attached hydrogens (primary N) is 1. The number of amides is 1. The zero-order valence-electron chi connectivity index (χ0n) is 7.69. The molecule has 6 heteroatoms. The minimum Gasteiger partial charge on any atom is -0.493 e. The van der Waals surface area contributed by atoms with Crippen molar-refractivity contribution in [1.29, 1.82) is 0 Å². The van der Waals surface area contributed by atoms with E-state index in [1.54, 1.807) is 0 Å². The van der Waals surface area contributed by atoms with E-state index in [1.807, 2.05) is 0 Å². The monoisotopic (exact) mass is 201 g/mol. The molecule has 1 heterocycles. The second-order valence-electron chi connectivity index (χ2n) is 2.65. The predicted molar refractivity (Wildman–Crippen MR) is 44.7 cm³/mol.